The monoisotopic (exact) mass is 622 g/mol. The lowest BCUT2D eigenvalue weighted by Crippen LogP contribution is -2.41. The number of halogens is 2. The van der Waals surface area contributed by atoms with Crippen LogP contribution >= 0.6 is 45.2 Å². The summed E-state index contributed by atoms with van der Waals surface area (Å²) in [5.41, 5.74) is 1.72. The summed E-state index contributed by atoms with van der Waals surface area (Å²) in [5, 5.41) is 26.2. The number of likely N-dealkylation sites (N-methyl/N-ethyl adjacent to an activating group) is 1. The van der Waals surface area contributed by atoms with Gasteiger partial charge in [-0.25, -0.2) is 15.0 Å². The number of carbonyl (C=O) groups is 1. The quantitative estimate of drug-likeness (QED) is 0.319. The van der Waals surface area contributed by atoms with E-state index in [2.05, 4.69) is 70.8 Å². The minimum absolute atomic E-state index is 0.400. The molecule has 0 bridgehead atoms. The van der Waals surface area contributed by atoms with E-state index < -0.39 is 30.4 Å². The summed E-state index contributed by atoms with van der Waals surface area (Å²) in [6.07, 6.45) is -2.08. The zero-order chi connectivity index (χ0) is 20.7. The molecule has 0 aliphatic carbocycles. The van der Waals surface area contributed by atoms with Gasteiger partial charge in [-0.3, -0.25) is 9.36 Å². The molecule has 0 spiro atoms. The number of anilines is 2. The van der Waals surface area contributed by atoms with Crippen molar-refractivity contribution in [2.75, 3.05) is 12.4 Å². The number of aliphatic hydroxyl groups is 2. The highest BCUT2D eigenvalue weighted by Gasteiger charge is 2.47. The predicted octanol–water partition coefficient (Wildman–Crippen LogP) is 1.14. The summed E-state index contributed by atoms with van der Waals surface area (Å²) in [6.45, 7) is 0. The van der Waals surface area contributed by atoms with Crippen LogP contribution in [-0.4, -0.2) is 61.0 Å². The van der Waals surface area contributed by atoms with Crippen LogP contribution in [0.1, 0.15) is 6.23 Å². The number of hydrogen-bond donors (Lipinski definition) is 4. The van der Waals surface area contributed by atoms with E-state index in [1.165, 1.54) is 24.3 Å². The molecule has 1 amide bonds. The van der Waals surface area contributed by atoms with E-state index in [-0.39, 0.29) is 0 Å². The maximum Gasteiger partial charge on any atom is 0.251 e. The second kappa shape index (κ2) is 8.25. The lowest BCUT2D eigenvalue weighted by Gasteiger charge is -2.16. The van der Waals surface area contributed by atoms with Gasteiger partial charge < -0.3 is 25.6 Å². The van der Waals surface area contributed by atoms with Crippen LogP contribution in [0.25, 0.3) is 11.2 Å². The molecule has 10 nitrogen and oxygen atoms in total. The van der Waals surface area contributed by atoms with Crippen LogP contribution in [0.4, 0.5) is 11.5 Å². The van der Waals surface area contributed by atoms with Crippen LogP contribution in [0.15, 0.2) is 30.9 Å². The Labute approximate surface area is 192 Å². The molecule has 0 saturated carbocycles. The highest BCUT2D eigenvalue weighted by atomic mass is 127. The minimum atomic E-state index is -1.37. The minimum Gasteiger partial charge on any atom is -0.387 e. The van der Waals surface area contributed by atoms with Crippen molar-refractivity contribution in [2.45, 2.75) is 24.5 Å². The molecule has 1 aromatic carbocycles. The summed E-state index contributed by atoms with van der Waals surface area (Å²) < 4.78 is 9.24. The zero-order valence-corrected chi connectivity index (χ0v) is 19.3. The van der Waals surface area contributed by atoms with Crippen LogP contribution in [-0.2, 0) is 9.53 Å². The standard InChI is InChI=1S/C17H16I2N6O4/c1-20-16(28)13-11(26)12(27)17(29-13)25-6-23-10-14(21-5-22-15(10)25)24-9-3-7(18)2-8(19)4-9/h2-6,11-13,17,26-27H,1H3,(H,20,28)(H,21,22,24)/t11-,12+,13-,17+/m0/s1. The third kappa shape index (κ3) is 3.90. The van der Waals surface area contributed by atoms with E-state index >= 15 is 0 Å². The number of benzene rings is 1. The van der Waals surface area contributed by atoms with Gasteiger partial charge in [-0.15, -0.1) is 0 Å². The topological polar surface area (TPSA) is 134 Å². The molecule has 3 aromatic rings. The zero-order valence-electron chi connectivity index (χ0n) is 15.0. The fourth-order valence-corrected chi connectivity index (χ4v) is 5.08. The molecule has 4 atom stereocenters. The Morgan fingerprint density at radius 3 is 2.55 bits per heavy atom. The van der Waals surface area contributed by atoms with Crippen LogP contribution < -0.4 is 10.6 Å². The lowest BCUT2D eigenvalue weighted by atomic mass is 10.1. The maximum absolute atomic E-state index is 11.9. The predicted molar refractivity (Wildman–Crippen MR) is 120 cm³/mol. The van der Waals surface area contributed by atoms with E-state index in [0.717, 1.165) is 12.8 Å². The van der Waals surface area contributed by atoms with Gasteiger partial charge in [-0.1, -0.05) is 0 Å². The number of fused-ring (bicyclic) bond motifs is 1. The Kier molecular flexibility index (Phi) is 5.87. The van der Waals surface area contributed by atoms with E-state index in [1.807, 2.05) is 18.2 Å². The van der Waals surface area contributed by atoms with Crippen molar-refractivity contribution in [3.8, 4) is 0 Å². The van der Waals surface area contributed by atoms with Crippen molar-refractivity contribution in [1.82, 2.24) is 24.8 Å². The lowest BCUT2D eigenvalue weighted by molar-refractivity contribution is -0.137. The summed E-state index contributed by atoms with van der Waals surface area (Å²) in [4.78, 5) is 24.8. The number of hydrogen-bond acceptors (Lipinski definition) is 8. The van der Waals surface area contributed by atoms with E-state index in [9.17, 15) is 15.0 Å². The molecule has 152 valence electrons. The van der Waals surface area contributed by atoms with Gasteiger partial charge in [0, 0.05) is 19.9 Å². The Morgan fingerprint density at radius 1 is 1.14 bits per heavy atom. The highest BCUT2D eigenvalue weighted by molar-refractivity contribution is 14.1. The van der Waals surface area contributed by atoms with E-state index in [0.29, 0.717) is 17.0 Å². The number of aromatic nitrogens is 4. The van der Waals surface area contributed by atoms with Crippen molar-refractivity contribution >= 4 is 73.8 Å². The van der Waals surface area contributed by atoms with Crippen LogP contribution in [0, 0.1) is 7.14 Å². The summed E-state index contributed by atoms with van der Waals surface area (Å²) in [5.74, 6) is -0.0313. The molecule has 29 heavy (non-hydrogen) atoms. The van der Waals surface area contributed by atoms with Crippen molar-refractivity contribution in [1.29, 1.82) is 0 Å². The fraction of sp³-hybridized carbons (Fsp3) is 0.294. The van der Waals surface area contributed by atoms with Crippen molar-refractivity contribution < 1.29 is 19.7 Å². The fourth-order valence-electron chi connectivity index (χ4n) is 3.14. The Hall–Kier alpha value is -1.62. The number of nitrogens with one attached hydrogen (secondary N) is 2. The first-order valence-electron chi connectivity index (χ1n) is 8.53. The Morgan fingerprint density at radius 2 is 1.86 bits per heavy atom. The third-order valence-electron chi connectivity index (χ3n) is 4.50. The number of aliphatic hydroxyl groups excluding tert-OH is 2. The van der Waals surface area contributed by atoms with Gasteiger partial charge in [-0.05, 0) is 63.4 Å². The van der Waals surface area contributed by atoms with Gasteiger partial charge in [0.2, 0.25) is 0 Å². The molecule has 12 heteroatoms. The Balaban J connectivity index is 1.68. The summed E-state index contributed by atoms with van der Waals surface area (Å²) in [6, 6.07) is 5.99. The SMILES string of the molecule is CNC(=O)[C@H]1O[C@@H](n2cnc3c(Nc4cc(I)cc(I)c4)ncnc32)[C@H](O)[C@@H]1O. The molecule has 1 fully saturated rings. The molecule has 3 heterocycles. The number of ether oxygens (including phenoxy) is 1. The number of nitrogens with zero attached hydrogens (tertiary/aromatic N) is 4. The number of imidazole rings is 1. The first-order chi connectivity index (χ1) is 13.9. The molecule has 2 aromatic heterocycles. The number of carbonyl (C=O) groups excluding carboxylic acids is 1. The molecular formula is C17H16I2N6O4. The number of amides is 1. The normalized spacial score (nSPS) is 24.0. The highest BCUT2D eigenvalue weighted by Crippen LogP contribution is 2.33. The van der Waals surface area contributed by atoms with Gasteiger partial charge in [0.15, 0.2) is 29.3 Å². The average Bonchev–Trinajstić information content (AvgIpc) is 3.23. The van der Waals surface area contributed by atoms with E-state index in [4.69, 9.17) is 4.74 Å². The average molecular weight is 622 g/mol. The second-order valence-corrected chi connectivity index (χ2v) is 8.86. The second-order valence-electron chi connectivity index (χ2n) is 6.37. The van der Waals surface area contributed by atoms with Gasteiger partial charge in [0.25, 0.3) is 5.91 Å². The van der Waals surface area contributed by atoms with Gasteiger partial charge in [0.05, 0.1) is 6.33 Å². The van der Waals surface area contributed by atoms with Crippen LogP contribution in [0.3, 0.4) is 0 Å². The van der Waals surface area contributed by atoms with Gasteiger partial charge >= 0.3 is 0 Å². The third-order valence-corrected chi connectivity index (χ3v) is 5.75. The van der Waals surface area contributed by atoms with Crippen molar-refractivity contribution in [3.05, 3.63) is 38.0 Å². The molecule has 0 unspecified atom stereocenters. The molecular weight excluding hydrogens is 606 g/mol. The van der Waals surface area contributed by atoms with Crippen molar-refractivity contribution in [3.63, 3.8) is 0 Å². The smallest absolute Gasteiger partial charge is 0.251 e. The molecule has 0 radical (unpaired) electrons. The first kappa shape index (κ1) is 20.6. The molecule has 1 saturated heterocycles. The van der Waals surface area contributed by atoms with Gasteiger partial charge in [0.1, 0.15) is 18.5 Å². The molecule has 1 aliphatic heterocycles. The number of rotatable bonds is 4. The molecule has 4 N–H and O–H groups in total. The van der Waals surface area contributed by atoms with Crippen LogP contribution in [0.5, 0.6) is 0 Å². The maximum atomic E-state index is 11.9. The first-order valence-corrected chi connectivity index (χ1v) is 10.7. The summed E-state index contributed by atoms with van der Waals surface area (Å²) >= 11 is 4.48. The largest absolute Gasteiger partial charge is 0.387 e. The van der Waals surface area contributed by atoms with Crippen LogP contribution in [0.2, 0.25) is 0 Å². The summed E-state index contributed by atoms with van der Waals surface area (Å²) in [7, 11) is 1.43. The molecule has 1 aliphatic rings. The molecule has 4 rings (SSSR count). The Bertz CT molecular complexity index is 1060. The van der Waals surface area contributed by atoms with Gasteiger partial charge in [-0.2, -0.15) is 0 Å². The van der Waals surface area contributed by atoms with Crippen molar-refractivity contribution in [2.24, 2.45) is 0 Å². The van der Waals surface area contributed by atoms with E-state index in [1.54, 1.807) is 0 Å².